The van der Waals surface area contributed by atoms with Gasteiger partial charge in [0.2, 0.25) is 0 Å². The third-order valence-electron chi connectivity index (χ3n) is 9.12. The van der Waals surface area contributed by atoms with Crippen LogP contribution in [0.25, 0.3) is 93.6 Å². The molecule has 0 spiro atoms. The Bertz CT molecular complexity index is 2580. The number of nitrogens with zero attached hydrogens (tertiary/aromatic N) is 1. The Balaban J connectivity index is 1.29. The average molecular weight is 534 g/mol. The van der Waals surface area contributed by atoms with Crippen LogP contribution in [0.3, 0.4) is 0 Å². The molecule has 0 bridgehead atoms. The van der Waals surface area contributed by atoms with E-state index in [9.17, 15) is 0 Å². The molecule has 9 aromatic rings. The monoisotopic (exact) mass is 533 g/mol. The van der Waals surface area contributed by atoms with E-state index in [0.717, 1.165) is 38.8 Å². The van der Waals surface area contributed by atoms with Crippen molar-refractivity contribution in [2.45, 2.75) is 0 Å². The fraction of sp³-hybridized carbons (Fsp3) is 0. The van der Waals surface area contributed by atoms with E-state index in [1.807, 2.05) is 12.1 Å². The van der Waals surface area contributed by atoms with E-state index in [0.29, 0.717) is 0 Å². The summed E-state index contributed by atoms with van der Waals surface area (Å²) in [6.07, 6.45) is 0. The number of benzene rings is 7. The molecule has 194 valence electrons. The molecule has 0 atom stereocenters. The molecule has 0 fully saturated rings. The number of hydrogen-bond donors (Lipinski definition) is 0. The molecular formula is C40H23NO. The van der Waals surface area contributed by atoms with Crippen LogP contribution >= 0.6 is 0 Å². The topological polar surface area (TPSA) is 18.1 Å². The molecular weight excluding hydrogens is 510 g/mol. The van der Waals surface area contributed by atoms with Gasteiger partial charge in [0, 0.05) is 38.2 Å². The van der Waals surface area contributed by atoms with Crippen molar-refractivity contribution in [2.75, 3.05) is 0 Å². The zero-order valence-electron chi connectivity index (χ0n) is 22.6. The number of hydrogen-bond acceptors (Lipinski definition) is 1. The molecule has 0 amide bonds. The zero-order chi connectivity index (χ0) is 27.4. The Morgan fingerprint density at radius 3 is 2.00 bits per heavy atom. The van der Waals surface area contributed by atoms with Crippen LogP contribution in [0.15, 0.2) is 144 Å². The number of rotatable bonds is 2. The molecule has 7 aromatic carbocycles. The Hall–Kier alpha value is -5.60. The zero-order valence-corrected chi connectivity index (χ0v) is 22.6. The summed E-state index contributed by atoms with van der Waals surface area (Å²) in [7, 11) is 0. The highest BCUT2D eigenvalue weighted by atomic mass is 16.3. The SMILES string of the molecule is c1cc(-c2cccc3c2oc2ccccc23)cc(-n2c3ccccc3c3cc4c5c(cccc5c32)-c2ccccc2-4)c1. The van der Waals surface area contributed by atoms with E-state index in [4.69, 9.17) is 4.42 Å². The second kappa shape index (κ2) is 7.99. The van der Waals surface area contributed by atoms with E-state index < -0.39 is 0 Å². The van der Waals surface area contributed by atoms with Gasteiger partial charge in [0.25, 0.3) is 0 Å². The van der Waals surface area contributed by atoms with Crippen molar-refractivity contribution < 1.29 is 4.42 Å². The van der Waals surface area contributed by atoms with Gasteiger partial charge in [0.15, 0.2) is 0 Å². The van der Waals surface area contributed by atoms with Gasteiger partial charge in [-0.2, -0.15) is 0 Å². The van der Waals surface area contributed by atoms with Crippen LogP contribution in [0.1, 0.15) is 0 Å². The molecule has 0 saturated carbocycles. The first kappa shape index (κ1) is 22.1. The lowest BCUT2D eigenvalue weighted by atomic mass is 9.99. The molecule has 0 unspecified atom stereocenters. The lowest BCUT2D eigenvalue weighted by molar-refractivity contribution is 0.670. The van der Waals surface area contributed by atoms with Gasteiger partial charge in [-0.3, -0.25) is 0 Å². The molecule has 0 saturated heterocycles. The lowest BCUT2D eigenvalue weighted by Crippen LogP contribution is -1.95. The predicted molar refractivity (Wildman–Crippen MR) is 175 cm³/mol. The summed E-state index contributed by atoms with van der Waals surface area (Å²) in [4.78, 5) is 0. The molecule has 0 N–H and O–H groups in total. The van der Waals surface area contributed by atoms with Gasteiger partial charge in [0.1, 0.15) is 11.2 Å². The quantitative estimate of drug-likeness (QED) is 0.216. The third kappa shape index (κ3) is 2.78. The number of fused-ring (bicyclic) bond motifs is 10. The van der Waals surface area contributed by atoms with Crippen molar-refractivity contribution in [3.63, 3.8) is 0 Å². The number of furan rings is 1. The second-order valence-corrected chi connectivity index (χ2v) is 11.3. The average Bonchev–Trinajstić information content (AvgIpc) is 3.71. The van der Waals surface area contributed by atoms with E-state index in [1.165, 1.54) is 54.8 Å². The van der Waals surface area contributed by atoms with Gasteiger partial charge < -0.3 is 8.98 Å². The standard InChI is InChI=1S/C40H23NO/c1-2-13-28-27(12-1)31-17-9-19-33-38(31)34(28)23-35-29-14-3-5-20-36(29)41(39(33)35)25-11-7-10-24(22-25)26-16-8-18-32-30-15-4-6-21-37(30)42-40(26)32/h1-23H. The number of aromatic nitrogens is 1. The van der Waals surface area contributed by atoms with Crippen molar-refractivity contribution >= 4 is 54.5 Å². The van der Waals surface area contributed by atoms with Gasteiger partial charge >= 0.3 is 0 Å². The Morgan fingerprint density at radius 2 is 1.10 bits per heavy atom. The highest BCUT2D eigenvalue weighted by molar-refractivity contribution is 6.27. The predicted octanol–water partition coefficient (Wildman–Crippen LogP) is 11.2. The first-order valence-corrected chi connectivity index (χ1v) is 14.4. The summed E-state index contributed by atoms with van der Waals surface area (Å²) < 4.78 is 8.88. The molecule has 2 heteroatoms. The fourth-order valence-corrected chi connectivity index (χ4v) is 7.38. The summed E-state index contributed by atoms with van der Waals surface area (Å²) in [5, 5.41) is 7.49. The summed E-state index contributed by atoms with van der Waals surface area (Å²) in [5.74, 6) is 0. The van der Waals surface area contributed by atoms with Gasteiger partial charge in [-0.15, -0.1) is 0 Å². The minimum Gasteiger partial charge on any atom is -0.455 e. The van der Waals surface area contributed by atoms with Gasteiger partial charge in [-0.1, -0.05) is 109 Å². The molecule has 0 aliphatic heterocycles. The smallest absolute Gasteiger partial charge is 0.143 e. The van der Waals surface area contributed by atoms with Crippen LogP contribution in [-0.2, 0) is 0 Å². The van der Waals surface area contributed by atoms with Crippen molar-refractivity contribution in [2.24, 2.45) is 0 Å². The summed E-state index contributed by atoms with van der Waals surface area (Å²) >= 11 is 0. The number of para-hydroxylation sites is 3. The first-order valence-electron chi connectivity index (χ1n) is 14.4. The van der Waals surface area contributed by atoms with E-state index >= 15 is 0 Å². The van der Waals surface area contributed by atoms with Gasteiger partial charge in [-0.25, -0.2) is 0 Å². The van der Waals surface area contributed by atoms with Crippen molar-refractivity contribution in [1.29, 1.82) is 0 Å². The second-order valence-electron chi connectivity index (χ2n) is 11.3. The molecule has 42 heavy (non-hydrogen) atoms. The minimum absolute atomic E-state index is 0.920. The van der Waals surface area contributed by atoms with Crippen molar-refractivity contribution in [1.82, 2.24) is 4.57 Å². The van der Waals surface area contributed by atoms with Crippen LogP contribution in [0.2, 0.25) is 0 Å². The highest BCUT2D eigenvalue weighted by Gasteiger charge is 2.25. The summed E-state index contributed by atoms with van der Waals surface area (Å²) in [6, 6.07) is 50.5. The van der Waals surface area contributed by atoms with Crippen molar-refractivity contribution in [3.8, 4) is 39.1 Å². The Morgan fingerprint density at radius 1 is 0.429 bits per heavy atom. The molecule has 0 radical (unpaired) electrons. The van der Waals surface area contributed by atoms with Crippen molar-refractivity contribution in [3.05, 3.63) is 140 Å². The van der Waals surface area contributed by atoms with E-state index in [1.54, 1.807) is 0 Å². The van der Waals surface area contributed by atoms with Crippen LogP contribution in [0.4, 0.5) is 0 Å². The maximum absolute atomic E-state index is 6.42. The Labute approximate surface area is 241 Å². The van der Waals surface area contributed by atoms with E-state index in [2.05, 4.69) is 132 Å². The van der Waals surface area contributed by atoms with Gasteiger partial charge in [-0.05, 0) is 63.5 Å². The first-order chi connectivity index (χ1) is 20.8. The van der Waals surface area contributed by atoms with Crippen LogP contribution in [-0.4, -0.2) is 4.57 Å². The molecule has 1 aliphatic rings. The maximum Gasteiger partial charge on any atom is 0.143 e. The molecule has 2 nitrogen and oxygen atoms in total. The summed E-state index contributed by atoms with van der Waals surface area (Å²) in [5.41, 5.74) is 13.0. The molecule has 10 rings (SSSR count). The largest absolute Gasteiger partial charge is 0.455 e. The summed E-state index contributed by atoms with van der Waals surface area (Å²) in [6.45, 7) is 0. The molecule has 2 heterocycles. The van der Waals surface area contributed by atoms with Gasteiger partial charge in [0.05, 0.1) is 11.0 Å². The van der Waals surface area contributed by atoms with E-state index in [-0.39, 0.29) is 0 Å². The van der Waals surface area contributed by atoms with Crippen LogP contribution < -0.4 is 0 Å². The maximum atomic E-state index is 6.42. The Kier molecular flexibility index (Phi) is 4.21. The minimum atomic E-state index is 0.920. The highest BCUT2D eigenvalue weighted by Crippen LogP contribution is 2.51. The molecule has 2 aromatic heterocycles. The van der Waals surface area contributed by atoms with Crippen LogP contribution in [0.5, 0.6) is 0 Å². The lowest BCUT2D eigenvalue weighted by Gasteiger charge is -2.13. The normalized spacial score (nSPS) is 12.3. The third-order valence-corrected chi connectivity index (χ3v) is 9.12. The van der Waals surface area contributed by atoms with Crippen LogP contribution in [0, 0.1) is 0 Å². The molecule has 1 aliphatic carbocycles. The fourth-order valence-electron chi connectivity index (χ4n) is 7.38.